The molecule has 3 aromatic rings. The molecule has 0 unspecified atom stereocenters. The van der Waals surface area contributed by atoms with Crippen LogP contribution in [0, 0.1) is 23.7 Å². The Labute approximate surface area is 224 Å². The van der Waals surface area contributed by atoms with Crippen molar-refractivity contribution < 1.29 is 9.59 Å². The Morgan fingerprint density at radius 2 is 1.42 bits per heavy atom. The van der Waals surface area contributed by atoms with Crippen molar-refractivity contribution in [3.8, 4) is 0 Å². The Morgan fingerprint density at radius 1 is 0.763 bits per heavy atom. The van der Waals surface area contributed by atoms with Crippen molar-refractivity contribution >= 4 is 17.5 Å². The van der Waals surface area contributed by atoms with Gasteiger partial charge < -0.3 is 15.5 Å². The highest BCUT2D eigenvalue weighted by atomic mass is 16.2. The van der Waals surface area contributed by atoms with Crippen LogP contribution in [0.25, 0.3) is 0 Å². The lowest BCUT2D eigenvalue weighted by Gasteiger charge is -2.50. The largest absolute Gasteiger partial charge is 0.378 e. The van der Waals surface area contributed by atoms with Crippen molar-refractivity contribution in [2.75, 3.05) is 11.9 Å². The van der Waals surface area contributed by atoms with Crippen molar-refractivity contribution in [1.29, 1.82) is 0 Å². The molecule has 2 aliphatic heterocycles. The standard InChI is InChI=1S/C33H35N3O2/c37-32(24-11-5-2-6-12-24)35-30-23-17-15-21(16-18-23)28(30)33(38)36-20-19-26-29(22-9-3-1-4-10-22)34-27-14-8-7-13-25(27)31(26)36/h1-14,21,23,26,28-31,34H,15-20H2,(H,35,37)/t21?,23?,26-,28+,29-,30+,31-/m1/s1. The van der Waals surface area contributed by atoms with Gasteiger partial charge in [-0.05, 0) is 73.3 Å². The van der Waals surface area contributed by atoms with Crippen LogP contribution in [0.5, 0.6) is 0 Å². The van der Waals surface area contributed by atoms with Crippen molar-refractivity contribution in [3.05, 3.63) is 102 Å². The molecule has 194 valence electrons. The van der Waals surface area contributed by atoms with Crippen LogP contribution < -0.4 is 10.6 Å². The maximum Gasteiger partial charge on any atom is 0.251 e. The lowest BCUT2D eigenvalue weighted by molar-refractivity contribution is -0.144. The van der Waals surface area contributed by atoms with Crippen molar-refractivity contribution in [1.82, 2.24) is 10.2 Å². The number of fused-ring (bicyclic) bond motifs is 6. The molecule has 8 rings (SSSR count). The van der Waals surface area contributed by atoms with Crippen LogP contribution in [0.3, 0.4) is 0 Å². The highest BCUT2D eigenvalue weighted by molar-refractivity contribution is 5.95. The van der Waals surface area contributed by atoms with E-state index >= 15 is 0 Å². The smallest absolute Gasteiger partial charge is 0.251 e. The molecule has 5 atom stereocenters. The summed E-state index contributed by atoms with van der Waals surface area (Å²) in [4.78, 5) is 30.0. The molecular weight excluding hydrogens is 470 g/mol. The minimum absolute atomic E-state index is 0.0519. The summed E-state index contributed by atoms with van der Waals surface area (Å²) in [5.41, 5.74) is 4.29. The van der Waals surface area contributed by atoms with Gasteiger partial charge in [-0.2, -0.15) is 0 Å². The summed E-state index contributed by atoms with van der Waals surface area (Å²) in [7, 11) is 0. The molecule has 4 fully saturated rings. The van der Waals surface area contributed by atoms with Gasteiger partial charge in [-0.15, -0.1) is 0 Å². The first-order valence-electron chi connectivity index (χ1n) is 14.3. The van der Waals surface area contributed by atoms with Gasteiger partial charge in [-0.1, -0.05) is 66.7 Å². The summed E-state index contributed by atoms with van der Waals surface area (Å²) in [5.74, 6) is 1.07. The van der Waals surface area contributed by atoms with E-state index in [0.29, 0.717) is 23.3 Å². The van der Waals surface area contributed by atoms with Gasteiger partial charge in [-0.3, -0.25) is 9.59 Å². The Hall–Kier alpha value is -3.60. The van der Waals surface area contributed by atoms with E-state index in [2.05, 4.69) is 70.1 Å². The molecule has 0 aromatic heterocycles. The van der Waals surface area contributed by atoms with Gasteiger partial charge in [0.05, 0.1) is 18.0 Å². The fraction of sp³-hybridized carbons (Fsp3) is 0.394. The third-order valence-electron chi connectivity index (χ3n) is 9.74. The van der Waals surface area contributed by atoms with E-state index in [9.17, 15) is 9.59 Å². The SMILES string of the molecule is O=C(N[C@H]1C2CCC(CC2)[C@@H]1C(=O)N1CC[C@@H]2[C@@H](c3ccccc3)Nc3ccccc3[C@H]21)c1ccccc1. The summed E-state index contributed by atoms with van der Waals surface area (Å²) in [6, 6.07) is 28.7. The lowest BCUT2D eigenvalue weighted by Crippen LogP contribution is -2.58. The molecule has 0 radical (unpaired) electrons. The number of anilines is 1. The van der Waals surface area contributed by atoms with E-state index in [1.165, 1.54) is 11.1 Å². The first-order valence-corrected chi connectivity index (χ1v) is 14.3. The molecule has 2 heterocycles. The van der Waals surface area contributed by atoms with E-state index < -0.39 is 0 Å². The van der Waals surface area contributed by atoms with Gasteiger partial charge in [0.1, 0.15) is 0 Å². The van der Waals surface area contributed by atoms with Crippen LogP contribution in [0.15, 0.2) is 84.9 Å². The quantitative estimate of drug-likeness (QED) is 0.459. The number of carbonyl (C=O) groups is 2. The second kappa shape index (κ2) is 9.61. The Balaban J connectivity index is 1.21. The van der Waals surface area contributed by atoms with Crippen LogP contribution >= 0.6 is 0 Å². The van der Waals surface area contributed by atoms with E-state index in [1.807, 2.05) is 30.3 Å². The number of para-hydroxylation sites is 1. The molecule has 2 N–H and O–H groups in total. The summed E-state index contributed by atoms with van der Waals surface area (Å²) < 4.78 is 0. The average Bonchev–Trinajstić information content (AvgIpc) is 3.43. The van der Waals surface area contributed by atoms with Gasteiger partial charge >= 0.3 is 0 Å². The fourth-order valence-electron chi connectivity index (χ4n) is 7.99. The third-order valence-corrected chi connectivity index (χ3v) is 9.74. The van der Waals surface area contributed by atoms with Crippen molar-refractivity contribution in [3.63, 3.8) is 0 Å². The van der Waals surface area contributed by atoms with E-state index in [-0.39, 0.29) is 35.9 Å². The van der Waals surface area contributed by atoms with Gasteiger partial charge in [-0.25, -0.2) is 0 Å². The van der Waals surface area contributed by atoms with Crippen LogP contribution in [0.1, 0.15) is 65.7 Å². The molecule has 1 saturated heterocycles. The molecule has 5 nitrogen and oxygen atoms in total. The number of benzene rings is 3. The third kappa shape index (κ3) is 3.91. The van der Waals surface area contributed by atoms with Gasteiger partial charge in [0.25, 0.3) is 5.91 Å². The Bertz CT molecular complexity index is 1320. The number of amides is 2. The zero-order valence-electron chi connectivity index (χ0n) is 21.6. The molecular formula is C33H35N3O2. The predicted molar refractivity (Wildman–Crippen MR) is 148 cm³/mol. The molecule has 3 saturated carbocycles. The molecule has 5 aliphatic rings. The van der Waals surface area contributed by atoms with E-state index in [1.54, 1.807) is 0 Å². The molecule has 0 spiro atoms. The van der Waals surface area contributed by atoms with E-state index in [0.717, 1.165) is 44.3 Å². The molecule has 2 amide bonds. The second-order valence-corrected chi connectivity index (χ2v) is 11.6. The van der Waals surface area contributed by atoms with Crippen molar-refractivity contribution in [2.45, 2.75) is 50.2 Å². The normalized spacial score (nSPS) is 31.2. The predicted octanol–water partition coefficient (Wildman–Crippen LogP) is 5.98. The zero-order valence-corrected chi connectivity index (χ0v) is 21.6. The number of rotatable bonds is 4. The monoisotopic (exact) mass is 505 g/mol. The number of likely N-dealkylation sites (tertiary alicyclic amines) is 1. The minimum Gasteiger partial charge on any atom is -0.378 e. The molecule has 3 aromatic carbocycles. The summed E-state index contributed by atoms with van der Waals surface area (Å²) in [5, 5.41) is 7.16. The summed E-state index contributed by atoms with van der Waals surface area (Å²) in [6.45, 7) is 0.765. The molecule has 2 bridgehead atoms. The van der Waals surface area contributed by atoms with Gasteiger partial charge in [0.2, 0.25) is 5.91 Å². The number of hydrogen-bond acceptors (Lipinski definition) is 3. The van der Waals surface area contributed by atoms with Gasteiger partial charge in [0, 0.05) is 29.8 Å². The first-order chi connectivity index (χ1) is 18.7. The van der Waals surface area contributed by atoms with E-state index in [4.69, 9.17) is 0 Å². The number of nitrogens with zero attached hydrogens (tertiary/aromatic N) is 1. The zero-order chi connectivity index (χ0) is 25.6. The second-order valence-electron chi connectivity index (χ2n) is 11.6. The highest BCUT2D eigenvalue weighted by Gasteiger charge is 2.53. The van der Waals surface area contributed by atoms with Crippen molar-refractivity contribution in [2.24, 2.45) is 23.7 Å². The minimum atomic E-state index is -0.147. The van der Waals surface area contributed by atoms with Gasteiger partial charge in [0.15, 0.2) is 0 Å². The number of carbonyl (C=O) groups excluding carboxylic acids is 2. The maximum atomic E-state index is 14.6. The molecule has 3 aliphatic carbocycles. The Morgan fingerprint density at radius 3 is 2.18 bits per heavy atom. The fourth-order valence-corrected chi connectivity index (χ4v) is 7.99. The summed E-state index contributed by atoms with van der Waals surface area (Å²) in [6.07, 6.45) is 5.35. The molecule has 5 heteroatoms. The van der Waals surface area contributed by atoms with Crippen LogP contribution in [-0.2, 0) is 4.79 Å². The maximum absolute atomic E-state index is 14.6. The average molecular weight is 506 g/mol. The Kier molecular flexibility index (Phi) is 5.95. The lowest BCUT2D eigenvalue weighted by atomic mass is 9.61. The summed E-state index contributed by atoms with van der Waals surface area (Å²) >= 11 is 0. The highest BCUT2D eigenvalue weighted by Crippen LogP contribution is 2.53. The van der Waals surface area contributed by atoms with Crippen LogP contribution in [0.4, 0.5) is 5.69 Å². The topological polar surface area (TPSA) is 61.4 Å². The molecule has 38 heavy (non-hydrogen) atoms. The first kappa shape index (κ1) is 23.5. The van der Waals surface area contributed by atoms with Crippen LogP contribution in [-0.4, -0.2) is 29.3 Å². The number of nitrogens with one attached hydrogen (secondary N) is 2. The number of hydrogen-bond donors (Lipinski definition) is 2. The van der Waals surface area contributed by atoms with Crippen LogP contribution in [0.2, 0.25) is 0 Å².